The highest BCUT2D eigenvalue weighted by atomic mass is 32.2. The summed E-state index contributed by atoms with van der Waals surface area (Å²) in [4.78, 5) is 29.7. The smallest absolute Gasteiger partial charge is 0.286 e. The molecule has 7 heteroatoms. The number of piperidine rings is 1. The van der Waals surface area contributed by atoms with Crippen LogP contribution < -0.4 is 4.90 Å². The van der Waals surface area contributed by atoms with Crippen molar-refractivity contribution >= 4 is 45.5 Å². The molecule has 0 unspecified atom stereocenters. The molecule has 3 aliphatic heterocycles. The van der Waals surface area contributed by atoms with E-state index in [-0.39, 0.29) is 5.91 Å². The summed E-state index contributed by atoms with van der Waals surface area (Å²) in [5.74, 6) is -0.132. The number of aliphatic imine (C=N–C) groups is 1. The number of piperazine rings is 1. The third kappa shape index (κ3) is 5.48. The first-order valence-corrected chi connectivity index (χ1v) is 15.0. The molecule has 202 valence electrons. The van der Waals surface area contributed by atoms with Crippen LogP contribution in [0.1, 0.15) is 44.2 Å². The predicted molar refractivity (Wildman–Crippen MR) is 164 cm³/mol. The summed E-state index contributed by atoms with van der Waals surface area (Å²) >= 11 is 1.51. The number of likely N-dealkylation sites (tertiary alicyclic amines) is 1. The second-order valence-corrected chi connectivity index (χ2v) is 12.1. The zero-order valence-electron chi connectivity index (χ0n) is 23.2. The zero-order chi connectivity index (χ0) is 26.9. The van der Waals surface area contributed by atoms with Crippen molar-refractivity contribution in [1.29, 1.82) is 0 Å². The van der Waals surface area contributed by atoms with Crippen LogP contribution in [0.15, 0.2) is 58.6 Å². The lowest BCUT2D eigenvalue weighted by Crippen LogP contribution is -2.49. The molecule has 1 aromatic heterocycles. The molecule has 4 heterocycles. The van der Waals surface area contributed by atoms with E-state index in [0.717, 1.165) is 66.5 Å². The molecule has 0 N–H and O–H groups in total. The fraction of sp³-hybridized carbons (Fsp3) is 0.406. The highest BCUT2D eigenvalue weighted by Gasteiger charge is 2.27. The van der Waals surface area contributed by atoms with Gasteiger partial charge in [0, 0.05) is 62.6 Å². The molecule has 1 amide bonds. The number of carbonyl (C=O) groups excluding carboxylic acids is 1. The Morgan fingerprint density at radius 3 is 2.44 bits per heavy atom. The minimum atomic E-state index is -0.132. The molecular formula is C32H37N5OS. The van der Waals surface area contributed by atoms with Crippen molar-refractivity contribution in [3.05, 3.63) is 64.7 Å². The summed E-state index contributed by atoms with van der Waals surface area (Å²) in [6.45, 7) is 13.1. The van der Waals surface area contributed by atoms with E-state index in [1.54, 1.807) is 0 Å². The third-order valence-electron chi connectivity index (χ3n) is 8.19. The number of aryl methyl sites for hydroxylation is 1. The van der Waals surface area contributed by atoms with Gasteiger partial charge in [0.1, 0.15) is 0 Å². The average Bonchev–Trinajstić information content (AvgIpc) is 3.33. The van der Waals surface area contributed by atoms with Crippen molar-refractivity contribution in [2.45, 2.75) is 46.1 Å². The van der Waals surface area contributed by atoms with Crippen LogP contribution in [0.5, 0.6) is 0 Å². The number of hydrogen-bond donors (Lipinski definition) is 0. The van der Waals surface area contributed by atoms with Crippen molar-refractivity contribution in [2.75, 3.05) is 44.2 Å². The lowest BCUT2D eigenvalue weighted by Gasteiger charge is -2.38. The lowest BCUT2D eigenvalue weighted by atomic mass is 9.97. The van der Waals surface area contributed by atoms with Crippen LogP contribution in [0.4, 0.5) is 5.69 Å². The van der Waals surface area contributed by atoms with E-state index in [2.05, 4.69) is 81.8 Å². The number of rotatable bonds is 4. The molecule has 0 spiro atoms. The molecule has 2 fully saturated rings. The third-order valence-corrected chi connectivity index (χ3v) is 9.24. The number of thioether (sulfide) groups is 1. The normalized spacial score (nSPS) is 19.9. The number of amidine groups is 1. The Balaban J connectivity index is 1.25. The van der Waals surface area contributed by atoms with Crippen LogP contribution in [0.3, 0.4) is 0 Å². The molecule has 2 aromatic carbocycles. The van der Waals surface area contributed by atoms with Gasteiger partial charge in [-0.3, -0.25) is 14.7 Å². The van der Waals surface area contributed by atoms with Crippen molar-refractivity contribution in [2.24, 2.45) is 4.99 Å². The van der Waals surface area contributed by atoms with Gasteiger partial charge in [0.2, 0.25) is 0 Å². The minimum Gasteiger partial charge on any atom is -0.369 e. The Morgan fingerprint density at radius 1 is 0.897 bits per heavy atom. The van der Waals surface area contributed by atoms with Crippen molar-refractivity contribution in [3.8, 4) is 11.1 Å². The number of amides is 1. The van der Waals surface area contributed by atoms with Gasteiger partial charge in [-0.05, 0) is 110 Å². The number of nitrogens with zero attached hydrogens (tertiary/aromatic N) is 5. The summed E-state index contributed by atoms with van der Waals surface area (Å²) in [5, 5.41) is 1.95. The summed E-state index contributed by atoms with van der Waals surface area (Å²) in [5.41, 5.74) is 6.93. The van der Waals surface area contributed by atoms with Crippen LogP contribution in [0.25, 0.3) is 28.1 Å². The van der Waals surface area contributed by atoms with Gasteiger partial charge in [-0.15, -0.1) is 0 Å². The quantitative estimate of drug-likeness (QED) is 0.368. The molecule has 0 aliphatic carbocycles. The van der Waals surface area contributed by atoms with Crippen LogP contribution in [0.2, 0.25) is 0 Å². The molecule has 0 atom stereocenters. The van der Waals surface area contributed by atoms with Gasteiger partial charge in [0.25, 0.3) is 5.91 Å². The van der Waals surface area contributed by atoms with E-state index in [4.69, 9.17) is 0 Å². The van der Waals surface area contributed by atoms with E-state index in [9.17, 15) is 4.79 Å². The van der Waals surface area contributed by atoms with Crippen LogP contribution in [-0.2, 0) is 4.79 Å². The number of hydrogen-bond acceptors (Lipinski definition) is 6. The van der Waals surface area contributed by atoms with Gasteiger partial charge in [-0.1, -0.05) is 12.1 Å². The monoisotopic (exact) mass is 539 g/mol. The molecular weight excluding hydrogens is 502 g/mol. The predicted octanol–water partition coefficient (Wildman–Crippen LogP) is 6.20. The number of anilines is 1. The number of carbonyl (C=O) groups is 1. The van der Waals surface area contributed by atoms with E-state index in [0.29, 0.717) is 10.9 Å². The van der Waals surface area contributed by atoms with Crippen molar-refractivity contribution in [1.82, 2.24) is 14.8 Å². The molecule has 3 aromatic rings. The maximum Gasteiger partial charge on any atom is 0.286 e. The molecule has 6 nitrogen and oxygen atoms in total. The molecule has 0 saturated carbocycles. The van der Waals surface area contributed by atoms with E-state index in [1.165, 1.54) is 47.8 Å². The van der Waals surface area contributed by atoms with Crippen LogP contribution in [-0.4, -0.2) is 71.2 Å². The standard InChI is InChI=1S/C32H37N5OS/c1-22(2)35-15-17-36(18-16-35)29-10-8-25(19-23(29)3)26-11-12-33-28-9-7-24(20-27(26)28)21-30-31(38)34-32(39-30)37-13-5-4-6-14-37/h7-12,19-22H,4-6,13-18H2,1-3H3. The molecule has 0 bridgehead atoms. The topological polar surface area (TPSA) is 52.0 Å². The largest absolute Gasteiger partial charge is 0.369 e. The summed E-state index contributed by atoms with van der Waals surface area (Å²) in [6.07, 6.45) is 7.47. The van der Waals surface area contributed by atoms with Gasteiger partial charge < -0.3 is 9.80 Å². The van der Waals surface area contributed by atoms with Crippen molar-refractivity contribution in [3.63, 3.8) is 0 Å². The number of benzene rings is 2. The van der Waals surface area contributed by atoms with Gasteiger partial charge in [-0.25, -0.2) is 0 Å². The lowest BCUT2D eigenvalue weighted by molar-refractivity contribution is -0.113. The number of fused-ring (bicyclic) bond motifs is 1. The number of pyridine rings is 1. The Kier molecular flexibility index (Phi) is 7.45. The average molecular weight is 540 g/mol. The van der Waals surface area contributed by atoms with Gasteiger partial charge in [0.15, 0.2) is 5.17 Å². The summed E-state index contributed by atoms with van der Waals surface area (Å²) in [7, 11) is 0. The zero-order valence-corrected chi connectivity index (χ0v) is 24.0. The Labute approximate surface area is 235 Å². The molecule has 39 heavy (non-hydrogen) atoms. The van der Waals surface area contributed by atoms with Crippen LogP contribution in [0, 0.1) is 6.92 Å². The Morgan fingerprint density at radius 2 is 1.69 bits per heavy atom. The van der Waals surface area contributed by atoms with Crippen LogP contribution >= 0.6 is 11.8 Å². The molecule has 0 radical (unpaired) electrons. The summed E-state index contributed by atoms with van der Waals surface area (Å²) < 4.78 is 0. The highest BCUT2D eigenvalue weighted by Crippen LogP contribution is 2.35. The van der Waals surface area contributed by atoms with Crippen molar-refractivity contribution < 1.29 is 4.79 Å². The minimum absolute atomic E-state index is 0.132. The number of aromatic nitrogens is 1. The first kappa shape index (κ1) is 26.1. The fourth-order valence-corrected chi connectivity index (χ4v) is 6.90. The van der Waals surface area contributed by atoms with Gasteiger partial charge >= 0.3 is 0 Å². The Bertz CT molecular complexity index is 1450. The molecule has 6 rings (SSSR count). The molecule has 3 aliphatic rings. The maximum atomic E-state index is 12.7. The SMILES string of the molecule is Cc1cc(-c2ccnc3ccc(C=C4SC(N5CCCCC5)=NC4=O)cc23)ccc1N1CCN(C(C)C)CC1. The Hall–Kier alpha value is -3.16. The first-order valence-electron chi connectivity index (χ1n) is 14.2. The van der Waals surface area contributed by atoms with E-state index < -0.39 is 0 Å². The maximum absolute atomic E-state index is 12.7. The highest BCUT2D eigenvalue weighted by molar-refractivity contribution is 8.18. The first-order chi connectivity index (χ1) is 19.0. The van der Waals surface area contributed by atoms with E-state index in [1.807, 2.05) is 18.3 Å². The summed E-state index contributed by atoms with van der Waals surface area (Å²) in [6, 6.07) is 15.8. The second-order valence-electron chi connectivity index (χ2n) is 11.1. The van der Waals surface area contributed by atoms with Gasteiger partial charge in [-0.2, -0.15) is 4.99 Å². The molecule has 2 saturated heterocycles. The van der Waals surface area contributed by atoms with E-state index >= 15 is 0 Å². The fourth-order valence-electron chi connectivity index (χ4n) is 5.93. The van der Waals surface area contributed by atoms with Gasteiger partial charge in [0.05, 0.1) is 10.4 Å². The second kappa shape index (κ2) is 11.1.